The number of nitrogens with one attached hydrogen (secondary N) is 1. The summed E-state index contributed by atoms with van der Waals surface area (Å²) < 4.78 is 21.2. The molecule has 0 spiro atoms. The minimum absolute atomic E-state index is 0.0161. The predicted octanol–water partition coefficient (Wildman–Crippen LogP) is 4.34. The van der Waals surface area contributed by atoms with E-state index < -0.39 is 43.7 Å². The summed E-state index contributed by atoms with van der Waals surface area (Å²) in [5.41, 5.74) is 0.735. The molecule has 1 aromatic heterocycles. The van der Waals surface area contributed by atoms with Crippen LogP contribution in [0.15, 0.2) is 29.6 Å². The average molecular weight is 656 g/mol. The maximum absolute atomic E-state index is 13.3. The number of ether oxygens (including phenoxy) is 1. The third kappa shape index (κ3) is 12.0. The van der Waals surface area contributed by atoms with Gasteiger partial charge in [0.25, 0.3) is 5.91 Å². The highest BCUT2D eigenvalue weighted by atomic mass is 32.1. The van der Waals surface area contributed by atoms with Gasteiger partial charge < -0.3 is 24.6 Å². The van der Waals surface area contributed by atoms with Crippen molar-refractivity contribution in [3.63, 3.8) is 0 Å². The molecule has 15 heteroatoms. The smallest absolute Gasteiger partial charge is 0.481 e. The SMILES string of the molecule is CCCC(=O)N(C)[C@H](C[C@@H](OC(C)=O)c1nc(C(=O)N[C@@H](Cc2ccc(OP(=O)(O)O)cc2)CC(C)C(=O)O)cs1)C(C)C. The summed E-state index contributed by atoms with van der Waals surface area (Å²) in [6.45, 7) is 8.68. The number of hydrogen-bond donors (Lipinski definition) is 4. The average Bonchev–Trinajstić information content (AvgIpc) is 3.41. The zero-order chi connectivity index (χ0) is 33.2. The second kappa shape index (κ2) is 16.7. The van der Waals surface area contributed by atoms with E-state index in [9.17, 15) is 28.8 Å². The molecule has 0 bridgehead atoms. The minimum atomic E-state index is -4.73. The molecule has 1 heterocycles. The van der Waals surface area contributed by atoms with E-state index in [2.05, 4.69) is 14.8 Å². The Hall–Kier alpha value is -3.32. The van der Waals surface area contributed by atoms with E-state index in [0.29, 0.717) is 23.4 Å². The molecule has 0 fully saturated rings. The number of benzene rings is 1. The van der Waals surface area contributed by atoms with Crippen molar-refractivity contribution in [3.8, 4) is 5.75 Å². The molecule has 2 rings (SSSR count). The Bertz CT molecular complexity index is 1330. The van der Waals surface area contributed by atoms with Gasteiger partial charge >= 0.3 is 19.8 Å². The van der Waals surface area contributed by atoms with Crippen molar-refractivity contribution >= 4 is 42.9 Å². The molecule has 0 saturated heterocycles. The third-order valence-electron chi connectivity index (χ3n) is 6.94. The number of carbonyl (C=O) groups is 4. The molecule has 4 atom stereocenters. The number of amides is 2. The molecule has 1 unspecified atom stereocenters. The van der Waals surface area contributed by atoms with E-state index in [1.165, 1.54) is 31.4 Å². The molecule has 0 aliphatic heterocycles. The van der Waals surface area contributed by atoms with Gasteiger partial charge in [-0.1, -0.05) is 39.8 Å². The molecular weight excluding hydrogens is 613 g/mol. The molecule has 2 aromatic rings. The molecule has 2 amide bonds. The lowest BCUT2D eigenvalue weighted by molar-refractivity contribution is -0.148. The number of hydrogen-bond acceptors (Lipinski definition) is 9. The van der Waals surface area contributed by atoms with Crippen LogP contribution in [0.3, 0.4) is 0 Å². The van der Waals surface area contributed by atoms with Crippen LogP contribution in [0.1, 0.15) is 87.5 Å². The molecule has 244 valence electrons. The first kappa shape index (κ1) is 36.9. The van der Waals surface area contributed by atoms with Crippen LogP contribution in [0.25, 0.3) is 0 Å². The number of phosphoric ester groups is 1. The fraction of sp³-hybridized carbons (Fsp3) is 0.552. The number of carbonyl (C=O) groups excluding carboxylic acids is 3. The molecule has 0 radical (unpaired) electrons. The number of aromatic nitrogens is 1. The summed E-state index contributed by atoms with van der Waals surface area (Å²) in [5.74, 6) is -2.89. The molecular formula is C29H42N3O10PS. The Kier molecular flexibility index (Phi) is 14.0. The quantitative estimate of drug-likeness (QED) is 0.140. The predicted molar refractivity (Wildman–Crippen MR) is 163 cm³/mol. The number of aliphatic carboxylic acids is 1. The van der Waals surface area contributed by atoms with E-state index in [-0.39, 0.29) is 48.6 Å². The largest absolute Gasteiger partial charge is 0.524 e. The van der Waals surface area contributed by atoms with Crippen molar-refractivity contribution in [2.45, 2.75) is 84.9 Å². The number of thiazole rings is 1. The zero-order valence-electron chi connectivity index (χ0n) is 25.8. The standard InChI is InChI=1S/C29H42N3O10PS/c1-7-8-26(34)32(6)24(17(2)3)15-25(41-19(5)33)28-31-23(16-44-28)27(35)30-21(13-18(4)29(36)37)14-20-9-11-22(12-10-20)42-43(38,39)40/h9-12,16-18,21,24-25H,7-8,13-15H2,1-6H3,(H,30,35)(H,36,37)(H2,38,39,40)/t18?,21-,24-,25-/m1/s1. The summed E-state index contributed by atoms with van der Waals surface area (Å²) in [6, 6.07) is 4.99. The maximum atomic E-state index is 13.3. The molecule has 0 saturated carbocycles. The first-order valence-electron chi connectivity index (χ1n) is 14.3. The fourth-order valence-corrected chi connectivity index (χ4v) is 5.94. The Labute approximate surface area is 261 Å². The first-order valence-corrected chi connectivity index (χ1v) is 16.7. The highest BCUT2D eigenvalue weighted by Crippen LogP contribution is 2.37. The minimum Gasteiger partial charge on any atom is -0.481 e. The van der Waals surface area contributed by atoms with Crippen molar-refractivity contribution in [1.82, 2.24) is 15.2 Å². The van der Waals surface area contributed by atoms with Crippen LogP contribution in [0.4, 0.5) is 0 Å². The number of nitrogens with zero attached hydrogens (tertiary/aromatic N) is 2. The Balaban J connectivity index is 2.26. The number of carboxylic acid groups (broad SMARTS) is 1. The van der Waals surface area contributed by atoms with Crippen molar-refractivity contribution in [2.75, 3.05) is 7.05 Å². The van der Waals surface area contributed by atoms with Crippen molar-refractivity contribution in [3.05, 3.63) is 45.9 Å². The van der Waals surface area contributed by atoms with E-state index >= 15 is 0 Å². The van der Waals surface area contributed by atoms with Gasteiger partial charge in [0, 0.05) is 44.3 Å². The number of phosphoric acid groups is 1. The third-order valence-corrected chi connectivity index (χ3v) is 8.33. The van der Waals surface area contributed by atoms with E-state index in [4.69, 9.17) is 14.5 Å². The van der Waals surface area contributed by atoms with Gasteiger partial charge in [-0.15, -0.1) is 11.3 Å². The summed E-state index contributed by atoms with van der Waals surface area (Å²) in [5, 5.41) is 14.2. The molecule has 0 aliphatic carbocycles. The van der Waals surface area contributed by atoms with E-state index in [1.54, 1.807) is 24.1 Å². The number of esters is 1. The van der Waals surface area contributed by atoms with E-state index in [0.717, 1.165) is 11.3 Å². The molecule has 0 aliphatic rings. The van der Waals surface area contributed by atoms with Gasteiger partial charge in [-0.25, -0.2) is 9.55 Å². The summed E-state index contributed by atoms with van der Waals surface area (Å²) in [7, 11) is -3.00. The van der Waals surface area contributed by atoms with Crippen molar-refractivity contribution in [1.29, 1.82) is 0 Å². The van der Waals surface area contributed by atoms with Gasteiger partial charge in [0.1, 0.15) is 16.5 Å². The molecule has 44 heavy (non-hydrogen) atoms. The fourth-order valence-electron chi connectivity index (χ4n) is 4.70. The first-order chi connectivity index (χ1) is 20.5. The Morgan fingerprint density at radius 3 is 2.25 bits per heavy atom. The van der Waals surface area contributed by atoms with Crippen LogP contribution in [0, 0.1) is 11.8 Å². The topological polar surface area (TPSA) is 193 Å². The second-order valence-electron chi connectivity index (χ2n) is 11.0. The molecule has 4 N–H and O–H groups in total. The lowest BCUT2D eigenvalue weighted by Crippen LogP contribution is -2.41. The zero-order valence-corrected chi connectivity index (χ0v) is 27.5. The number of rotatable bonds is 17. The Morgan fingerprint density at radius 2 is 1.73 bits per heavy atom. The van der Waals surface area contributed by atoms with Crippen molar-refractivity contribution in [2.24, 2.45) is 11.8 Å². The van der Waals surface area contributed by atoms with Crippen LogP contribution >= 0.6 is 19.2 Å². The summed E-state index contributed by atoms with van der Waals surface area (Å²) in [4.78, 5) is 73.6. The molecule has 1 aromatic carbocycles. The van der Waals surface area contributed by atoms with Gasteiger partial charge in [-0.2, -0.15) is 0 Å². The lowest BCUT2D eigenvalue weighted by atomic mass is 9.96. The summed E-state index contributed by atoms with van der Waals surface area (Å²) >= 11 is 1.14. The van der Waals surface area contributed by atoms with Gasteiger partial charge in [-0.3, -0.25) is 29.0 Å². The van der Waals surface area contributed by atoms with Crippen LogP contribution in [0.2, 0.25) is 0 Å². The van der Waals surface area contributed by atoms with Crippen molar-refractivity contribution < 1.29 is 47.9 Å². The summed E-state index contributed by atoms with van der Waals surface area (Å²) in [6.07, 6.45) is 0.920. The van der Waals surface area contributed by atoms with Gasteiger partial charge in [0.2, 0.25) is 5.91 Å². The van der Waals surface area contributed by atoms with Crippen LogP contribution in [-0.2, 0) is 30.1 Å². The van der Waals surface area contributed by atoms with Gasteiger partial charge in [-0.05, 0) is 42.9 Å². The van der Waals surface area contributed by atoms with Gasteiger partial charge in [0.15, 0.2) is 6.10 Å². The number of carboxylic acids is 1. The lowest BCUT2D eigenvalue weighted by Gasteiger charge is -2.33. The normalized spacial score (nSPS) is 14.3. The second-order valence-corrected chi connectivity index (χ2v) is 13.1. The highest BCUT2D eigenvalue weighted by Gasteiger charge is 2.31. The molecule has 13 nitrogen and oxygen atoms in total. The van der Waals surface area contributed by atoms with Crippen LogP contribution in [0.5, 0.6) is 5.75 Å². The van der Waals surface area contributed by atoms with Crippen LogP contribution in [-0.4, -0.2) is 67.7 Å². The Morgan fingerprint density at radius 1 is 1.09 bits per heavy atom. The highest BCUT2D eigenvalue weighted by molar-refractivity contribution is 7.46. The van der Waals surface area contributed by atoms with Gasteiger partial charge in [0.05, 0.1) is 5.92 Å². The maximum Gasteiger partial charge on any atom is 0.524 e. The van der Waals surface area contributed by atoms with E-state index in [1.807, 2.05) is 20.8 Å². The van der Waals surface area contributed by atoms with Crippen LogP contribution < -0.4 is 9.84 Å². The monoisotopic (exact) mass is 655 g/mol.